The van der Waals surface area contributed by atoms with Crippen LogP contribution in [0.1, 0.15) is 26.3 Å². The molecule has 1 aromatic rings. The molecule has 0 aromatic heterocycles. The Labute approximate surface area is 112 Å². The first-order valence-electron chi connectivity index (χ1n) is 6.11. The second kappa shape index (κ2) is 6.41. The number of methoxy groups -OCH3 is 1. The van der Waals surface area contributed by atoms with E-state index in [0.717, 1.165) is 0 Å². The number of hydrogen-bond donors (Lipinski definition) is 1. The highest BCUT2D eigenvalue weighted by molar-refractivity contribution is 5.67. The zero-order valence-corrected chi connectivity index (χ0v) is 11.7. The minimum absolute atomic E-state index is 0.305. The summed E-state index contributed by atoms with van der Waals surface area (Å²) in [4.78, 5) is 11.4. The van der Waals surface area contributed by atoms with Crippen LogP contribution in [0.2, 0.25) is 0 Å². The maximum atomic E-state index is 13.5. The molecule has 0 atom stereocenters. The van der Waals surface area contributed by atoms with Crippen molar-refractivity contribution in [1.29, 1.82) is 0 Å². The lowest BCUT2D eigenvalue weighted by atomic mass is 10.1. The lowest BCUT2D eigenvalue weighted by Crippen LogP contribution is -2.33. The van der Waals surface area contributed by atoms with Crippen molar-refractivity contribution in [2.45, 2.75) is 32.8 Å². The van der Waals surface area contributed by atoms with Gasteiger partial charge in [-0.2, -0.15) is 0 Å². The van der Waals surface area contributed by atoms with E-state index in [1.807, 2.05) is 0 Å². The van der Waals surface area contributed by atoms with Crippen molar-refractivity contribution >= 4 is 6.09 Å². The van der Waals surface area contributed by atoms with E-state index in [2.05, 4.69) is 5.32 Å². The Kier molecular flexibility index (Phi) is 5.15. The molecule has 0 aliphatic rings. The van der Waals surface area contributed by atoms with Gasteiger partial charge in [-0.3, -0.25) is 0 Å². The van der Waals surface area contributed by atoms with Crippen molar-refractivity contribution in [3.8, 4) is 5.75 Å². The SMILES string of the molecule is COc1ccc(F)c(CCNC(=O)OC(C)(C)C)c1. The first-order chi connectivity index (χ1) is 8.81. The molecule has 0 fully saturated rings. The molecule has 0 heterocycles. The molecule has 1 amide bonds. The summed E-state index contributed by atoms with van der Waals surface area (Å²) < 4.78 is 23.6. The maximum Gasteiger partial charge on any atom is 0.407 e. The first-order valence-corrected chi connectivity index (χ1v) is 6.11. The Morgan fingerprint density at radius 1 is 1.37 bits per heavy atom. The van der Waals surface area contributed by atoms with E-state index in [1.165, 1.54) is 13.2 Å². The standard InChI is InChI=1S/C14H20FNO3/c1-14(2,3)19-13(17)16-8-7-10-9-11(18-4)5-6-12(10)15/h5-6,9H,7-8H2,1-4H3,(H,16,17). The number of rotatable bonds is 4. The normalized spacial score (nSPS) is 11.0. The zero-order valence-electron chi connectivity index (χ0n) is 11.7. The third-order valence-electron chi connectivity index (χ3n) is 2.32. The summed E-state index contributed by atoms with van der Waals surface area (Å²) in [6.07, 6.45) is -0.127. The molecular weight excluding hydrogens is 249 g/mol. The van der Waals surface area contributed by atoms with Crippen LogP contribution in [0, 0.1) is 5.82 Å². The smallest absolute Gasteiger partial charge is 0.407 e. The average molecular weight is 269 g/mol. The molecule has 0 saturated carbocycles. The molecule has 4 nitrogen and oxygen atoms in total. The van der Waals surface area contributed by atoms with E-state index in [-0.39, 0.29) is 5.82 Å². The molecule has 0 saturated heterocycles. The van der Waals surface area contributed by atoms with E-state index >= 15 is 0 Å². The third kappa shape index (κ3) is 5.59. The predicted octanol–water partition coefficient (Wildman–Crippen LogP) is 2.90. The predicted molar refractivity (Wildman–Crippen MR) is 70.9 cm³/mol. The minimum atomic E-state index is -0.536. The van der Waals surface area contributed by atoms with Crippen molar-refractivity contribution in [3.63, 3.8) is 0 Å². The van der Waals surface area contributed by atoms with E-state index in [9.17, 15) is 9.18 Å². The Bertz CT molecular complexity index is 441. The number of benzene rings is 1. The topological polar surface area (TPSA) is 47.6 Å². The average Bonchev–Trinajstić information content (AvgIpc) is 2.29. The van der Waals surface area contributed by atoms with Crippen LogP contribution < -0.4 is 10.1 Å². The van der Waals surface area contributed by atoms with E-state index in [1.54, 1.807) is 32.9 Å². The highest BCUT2D eigenvalue weighted by Crippen LogP contribution is 2.16. The molecular formula is C14H20FNO3. The second-order valence-electron chi connectivity index (χ2n) is 5.14. The van der Waals surface area contributed by atoms with Crippen LogP contribution in [-0.4, -0.2) is 25.3 Å². The Hall–Kier alpha value is -1.78. The van der Waals surface area contributed by atoms with Gasteiger partial charge < -0.3 is 14.8 Å². The molecule has 0 aliphatic heterocycles. The van der Waals surface area contributed by atoms with Crippen LogP contribution in [0.5, 0.6) is 5.75 Å². The number of carbonyl (C=O) groups excluding carboxylic acids is 1. The first kappa shape index (κ1) is 15.3. The lowest BCUT2D eigenvalue weighted by molar-refractivity contribution is 0.0528. The van der Waals surface area contributed by atoms with E-state index in [4.69, 9.17) is 9.47 Å². The number of hydrogen-bond acceptors (Lipinski definition) is 3. The molecule has 106 valence electrons. The fraction of sp³-hybridized carbons (Fsp3) is 0.500. The largest absolute Gasteiger partial charge is 0.497 e. The summed E-state index contributed by atoms with van der Waals surface area (Å²) in [5, 5.41) is 2.58. The molecule has 0 spiro atoms. The fourth-order valence-electron chi connectivity index (χ4n) is 1.48. The van der Waals surface area contributed by atoms with Crippen LogP contribution in [0.3, 0.4) is 0 Å². The maximum absolute atomic E-state index is 13.5. The Morgan fingerprint density at radius 3 is 2.63 bits per heavy atom. The van der Waals surface area contributed by atoms with Gasteiger partial charge >= 0.3 is 6.09 Å². The van der Waals surface area contributed by atoms with Gasteiger partial charge in [0.05, 0.1) is 7.11 Å². The van der Waals surface area contributed by atoms with Gasteiger partial charge in [-0.05, 0) is 51.0 Å². The summed E-state index contributed by atoms with van der Waals surface area (Å²) in [5.41, 5.74) is -0.0407. The molecule has 5 heteroatoms. The molecule has 1 N–H and O–H groups in total. The van der Waals surface area contributed by atoms with Crippen LogP contribution in [0.4, 0.5) is 9.18 Å². The van der Waals surface area contributed by atoms with Gasteiger partial charge in [0.1, 0.15) is 17.2 Å². The zero-order chi connectivity index (χ0) is 14.5. The lowest BCUT2D eigenvalue weighted by Gasteiger charge is -2.19. The summed E-state index contributed by atoms with van der Waals surface area (Å²) in [6.45, 7) is 5.66. The number of halogens is 1. The highest BCUT2D eigenvalue weighted by Gasteiger charge is 2.15. The van der Waals surface area contributed by atoms with Crippen molar-refractivity contribution < 1.29 is 18.7 Å². The van der Waals surface area contributed by atoms with E-state index in [0.29, 0.717) is 24.3 Å². The van der Waals surface area contributed by atoms with Crippen LogP contribution in [0.25, 0.3) is 0 Å². The molecule has 1 rings (SSSR count). The van der Waals surface area contributed by atoms with E-state index < -0.39 is 11.7 Å². The highest BCUT2D eigenvalue weighted by atomic mass is 19.1. The van der Waals surface area contributed by atoms with Crippen molar-refractivity contribution in [3.05, 3.63) is 29.6 Å². The van der Waals surface area contributed by atoms with Gasteiger partial charge in [0.2, 0.25) is 0 Å². The Balaban J connectivity index is 2.47. The number of ether oxygens (including phenoxy) is 2. The van der Waals surface area contributed by atoms with Crippen LogP contribution in [-0.2, 0) is 11.2 Å². The molecule has 0 unspecified atom stereocenters. The molecule has 19 heavy (non-hydrogen) atoms. The van der Waals surface area contributed by atoms with Gasteiger partial charge in [0.15, 0.2) is 0 Å². The summed E-state index contributed by atoms with van der Waals surface area (Å²) in [7, 11) is 1.52. The summed E-state index contributed by atoms with van der Waals surface area (Å²) in [6, 6.07) is 4.52. The number of carbonyl (C=O) groups is 1. The molecule has 0 radical (unpaired) electrons. The monoisotopic (exact) mass is 269 g/mol. The molecule has 1 aromatic carbocycles. The molecule has 0 aliphatic carbocycles. The minimum Gasteiger partial charge on any atom is -0.497 e. The van der Waals surface area contributed by atoms with Crippen LogP contribution in [0.15, 0.2) is 18.2 Å². The van der Waals surface area contributed by atoms with Gasteiger partial charge in [0, 0.05) is 6.54 Å². The third-order valence-corrected chi connectivity index (χ3v) is 2.32. The van der Waals surface area contributed by atoms with Gasteiger partial charge in [-0.15, -0.1) is 0 Å². The van der Waals surface area contributed by atoms with Gasteiger partial charge in [0.25, 0.3) is 0 Å². The number of alkyl carbamates (subject to hydrolysis) is 1. The van der Waals surface area contributed by atoms with Gasteiger partial charge in [-0.1, -0.05) is 0 Å². The van der Waals surface area contributed by atoms with Gasteiger partial charge in [-0.25, -0.2) is 9.18 Å². The van der Waals surface area contributed by atoms with Crippen molar-refractivity contribution in [2.24, 2.45) is 0 Å². The van der Waals surface area contributed by atoms with Crippen molar-refractivity contribution in [1.82, 2.24) is 5.32 Å². The fourth-order valence-corrected chi connectivity index (χ4v) is 1.48. The summed E-state index contributed by atoms with van der Waals surface area (Å²) in [5.74, 6) is 0.278. The quantitative estimate of drug-likeness (QED) is 0.914. The summed E-state index contributed by atoms with van der Waals surface area (Å²) >= 11 is 0. The van der Waals surface area contributed by atoms with Crippen LogP contribution >= 0.6 is 0 Å². The van der Waals surface area contributed by atoms with Crippen molar-refractivity contribution in [2.75, 3.05) is 13.7 Å². The number of amides is 1. The number of nitrogens with one attached hydrogen (secondary N) is 1. The second-order valence-corrected chi connectivity index (χ2v) is 5.14. The molecule has 0 bridgehead atoms. The Morgan fingerprint density at radius 2 is 2.05 bits per heavy atom.